The maximum Gasteiger partial charge on any atom is 0.271 e. The van der Waals surface area contributed by atoms with Crippen molar-refractivity contribution in [1.82, 2.24) is 20.1 Å². The molecular formula is C20H24N4O2. The van der Waals surface area contributed by atoms with Gasteiger partial charge in [-0.2, -0.15) is 5.10 Å². The Morgan fingerprint density at radius 3 is 2.96 bits per heavy atom. The summed E-state index contributed by atoms with van der Waals surface area (Å²) in [5.74, 6) is 0.528. The number of H-pyrrole nitrogens is 1. The summed E-state index contributed by atoms with van der Waals surface area (Å²) in [7, 11) is 0. The normalized spacial score (nSPS) is 13.5. The molecule has 0 aliphatic carbocycles. The topological polar surface area (TPSA) is 71.9 Å². The average molecular weight is 352 g/mol. The van der Waals surface area contributed by atoms with Crippen LogP contribution in [0, 0.1) is 20.8 Å². The highest BCUT2D eigenvalue weighted by molar-refractivity contribution is 5.92. The minimum Gasteiger partial charge on any atom is -0.478 e. The number of ether oxygens (including phenoxy) is 1. The zero-order valence-electron chi connectivity index (χ0n) is 15.5. The number of aromatic nitrogens is 3. The summed E-state index contributed by atoms with van der Waals surface area (Å²) in [5, 5.41) is 8.56. The highest BCUT2D eigenvalue weighted by Crippen LogP contribution is 2.26. The van der Waals surface area contributed by atoms with Crippen LogP contribution in [0.2, 0.25) is 0 Å². The molecule has 0 saturated heterocycles. The van der Waals surface area contributed by atoms with E-state index >= 15 is 0 Å². The highest BCUT2D eigenvalue weighted by Gasteiger charge is 2.18. The number of amides is 1. The molecule has 0 bridgehead atoms. The van der Waals surface area contributed by atoms with E-state index in [4.69, 9.17) is 4.74 Å². The quantitative estimate of drug-likeness (QED) is 0.758. The van der Waals surface area contributed by atoms with E-state index in [0.717, 1.165) is 25.1 Å². The molecule has 136 valence electrons. The van der Waals surface area contributed by atoms with Crippen LogP contribution in [-0.4, -0.2) is 33.8 Å². The van der Waals surface area contributed by atoms with Gasteiger partial charge in [0.2, 0.25) is 5.88 Å². The van der Waals surface area contributed by atoms with Gasteiger partial charge in [-0.05, 0) is 44.4 Å². The zero-order chi connectivity index (χ0) is 18.3. The van der Waals surface area contributed by atoms with Crippen molar-refractivity contribution in [2.24, 2.45) is 0 Å². The van der Waals surface area contributed by atoms with Gasteiger partial charge in [0.25, 0.3) is 5.91 Å². The lowest BCUT2D eigenvalue weighted by atomic mass is 10.0. The van der Waals surface area contributed by atoms with Gasteiger partial charge in [0.1, 0.15) is 0 Å². The number of aromatic amines is 1. The first-order valence-corrected chi connectivity index (χ1v) is 9.10. The molecule has 1 aliphatic heterocycles. The van der Waals surface area contributed by atoms with Crippen molar-refractivity contribution in [1.29, 1.82) is 0 Å². The van der Waals surface area contributed by atoms with Crippen molar-refractivity contribution in [3.05, 3.63) is 46.3 Å². The van der Waals surface area contributed by atoms with E-state index < -0.39 is 0 Å². The standard InChI is InChI=1S/C20H24N4O2/c1-12-9-13(2)19-16(10-12)15(14(3)22-19)5-6-21-20(25)17-11-18-24(23-17)7-4-8-26-18/h9-11,22H,4-8H2,1-3H3,(H,21,25). The van der Waals surface area contributed by atoms with Crippen molar-refractivity contribution in [2.45, 2.75) is 40.2 Å². The Hall–Kier alpha value is -2.76. The molecule has 2 N–H and O–H groups in total. The highest BCUT2D eigenvalue weighted by atomic mass is 16.5. The summed E-state index contributed by atoms with van der Waals surface area (Å²) in [6.45, 7) is 8.39. The first-order valence-electron chi connectivity index (χ1n) is 9.10. The number of hydrogen-bond donors (Lipinski definition) is 2. The zero-order valence-corrected chi connectivity index (χ0v) is 15.5. The van der Waals surface area contributed by atoms with E-state index in [1.54, 1.807) is 10.7 Å². The lowest BCUT2D eigenvalue weighted by Crippen LogP contribution is -2.26. The number of rotatable bonds is 4. The Morgan fingerprint density at radius 1 is 1.31 bits per heavy atom. The van der Waals surface area contributed by atoms with Crippen LogP contribution >= 0.6 is 0 Å². The Kier molecular flexibility index (Phi) is 4.18. The first kappa shape index (κ1) is 16.7. The third kappa shape index (κ3) is 2.96. The van der Waals surface area contributed by atoms with Gasteiger partial charge in [0.15, 0.2) is 5.69 Å². The molecule has 6 nitrogen and oxygen atoms in total. The molecule has 0 unspecified atom stereocenters. The summed E-state index contributed by atoms with van der Waals surface area (Å²) in [6.07, 6.45) is 1.71. The van der Waals surface area contributed by atoms with Gasteiger partial charge >= 0.3 is 0 Å². The number of carbonyl (C=O) groups excluding carboxylic acids is 1. The molecule has 0 atom stereocenters. The first-order chi connectivity index (χ1) is 12.5. The van der Waals surface area contributed by atoms with Gasteiger partial charge < -0.3 is 15.0 Å². The van der Waals surface area contributed by atoms with Crippen molar-refractivity contribution in [3.8, 4) is 5.88 Å². The van der Waals surface area contributed by atoms with Gasteiger partial charge in [0.05, 0.1) is 6.61 Å². The van der Waals surface area contributed by atoms with E-state index in [1.165, 1.54) is 27.6 Å². The monoisotopic (exact) mass is 352 g/mol. The van der Waals surface area contributed by atoms with Crippen LogP contribution in [0.5, 0.6) is 5.88 Å². The number of benzene rings is 1. The third-order valence-corrected chi connectivity index (χ3v) is 4.97. The molecule has 1 aliphatic rings. The molecule has 3 aromatic rings. The smallest absolute Gasteiger partial charge is 0.271 e. The van der Waals surface area contributed by atoms with Crippen molar-refractivity contribution < 1.29 is 9.53 Å². The third-order valence-electron chi connectivity index (χ3n) is 4.97. The van der Waals surface area contributed by atoms with Crippen molar-refractivity contribution >= 4 is 16.8 Å². The Bertz CT molecular complexity index is 960. The van der Waals surface area contributed by atoms with Crippen LogP contribution in [0.1, 0.15) is 39.3 Å². The van der Waals surface area contributed by atoms with E-state index in [9.17, 15) is 4.79 Å². The number of aryl methyl sites for hydroxylation is 4. The number of nitrogens with zero attached hydrogens (tertiary/aromatic N) is 2. The van der Waals surface area contributed by atoms with Crippen molar-refractivity contribution in [2.75, 3.05) is 13.2 Å². The summed E-state index contributed by atoms with van der Waals surface area (Å²) < 4.78 is 7.28. The molecular weight excluding hydrogens is 328 g/mol. The van der Waals surface area contributed by atoms with Crippen LogP contribution in [0.15, 0.2) is 18.2 Å². The SMILES string of the molecule is Cc1cc(C)c2[nH]c(C)c(CCNC(=O)c3cc4n(n3)CCCO4)c2c1. The fourth-order valence-electron chi connectivity index (χ4n) is 3.73. The second-order valence-corrected chi connectivity index (χ2v) is 7.03. The number of nitrogens with one attached hydrogen (secondary N) is 2. The largest absolute Gasteiger partial charge is 0.478 e. The maximum absolute atomic E-state index is 12.4. The summed E-state index contributed by atoms with van der Waals surface area (Å²) >= 11 is 0. The summed E-state index contributed by atoms with van der Waals surface area (Å²) in [6, 6.07) is 6.12. The van der Waals surface area contributed by atoms with Gasteiger partial charge in [0, 0.05) is 42.2 Å². The lowest BCUT2D eigenvalue weighted by molar-refractivity contribution is 0.0948. The van der Waals surface area contributed by atoms with E-state index in [0.29, 0.717) is 24.7 Å². The fourth-order valence-corrected chi connectivity index (χ4v) is 3.73. The minimum absolute atomic E-state index is 0.152. The average Bonchev–Trinajstić information content (AvgIpc) is 3.17. The molecule has 1 amide bonds. The van der Waals surface area contributed by atoms with Gasteiger partial charge in [-0.1, -0.05) is 11.6 Å². The van der Waals surface area contributed by atoms with Crippen LogP contribution in [0.3, 0.4) is 0 Å². The minimum atomic E-state index is -0.152. The summed E-state index contributed by atoms with van der Waals surface area (Å²) in [4.78, 5) is 15.9. The van der Waals surface area contributed by atoms with Gasteiger partial charge in [-0.15, -0.1) is 0 Å². The molecule has 4 rings (SSSR count). The molecule has 0 radical (unpaired) electrons. The van der Waals surface area contributed by atoms with E-state index in [1.807, 2.05) is 0 Å². The molecule has 3 heterocycles. The molecule has 26 heavy (non-hydrogen) atoms. The van der Waals surface area contributed by atoms with E-state index in [2.05, 4.69) is 48.3 Å². The predicted octanol–water partition coefficient (Wildman–Crippen LogP) is 3.04. The summed E-state index contributed by atoms with van der Waals surface area (Å²) in [5.41, 5.74) is 6.54. The van der Waals surface area contributed by atoms with Crippen LogP contribution < -0.4 is 10.1 Å². The Morgan fingerprint density at radius 2 is 2.15 bits per heavy atom. The lowest BCUT2D eigenvalue weighted by Gasteiger charge is -2.13. The number of fused-ring (bicyclic) bond motifs is 2. The molecule has 0 spiro atoms. The van der Waals surface area contributed by atoms with Crippen LogP contribution in [-0.2, 0) is 13.0 Å². The molecule has 2 aromatic heterocycles. The van der Waals surface area contributed by atoms with E-state index in [-0.39, 0.29) is 5.91 Å². The van der Waals surface area contributed by atoms with Crippen molar-refractivity contribution in [3.63, 3.8) is 0 Å². The van der Waals surface area contributed by atoms with Crippen LogP contribution in [0.25, 0.3) is 10.9 Å². The fraction of sp³-hybridized carbons (Fsp3) is 0.400. The number of carbonyl (C=O) groups is 1. The van der Waals surface area contributed by atoms with Crippen LogP contribution in [0.4, 0.5) is 0 Å². The maximum atomic E-state index is 12.4. The second kappa shape index (κ2) is 6.52. The molecule has 1 aromatic carbocycles. The molecule has 0 saturated carbocycles. The molecule has 0 fully saturated rings. The molecule has 6 heteroatoms. The van der Waals surface area contributed by atoms with Gasteiger partial charge in [-0.25, -0.2) is 4.68 Å². The Balaban J connectivity index is 1.46. The Labute approximate surface area is 152 Å². The second-order valence-electron chi connectivity index (χ2n) is 7.03. The predicted molar refractivity (Wildman–Crippen MR) is 101 cm³/mol. The van der Waals surface area contributed by atoms with Gasteiger partial charge in [-0.3, -0.25) is 4.79 Å². The number of hydrogen-bond acceptors (Lipinski definition) is 3.